The zero-order valence-electron chi connectivity index (χ0n) is 13.4. The minimum absolute atomic E-state index is 0.0433. The van der Waals surface area contributed by atoms with E-state index in [1.807, 2.05) is 23.9 Å². The monoisotopic (exact) mass is 344 g/mol. The molecule has 0 saturated carbocycles. The number of aryl methyl sites for hydroxylation is 1. The van der Waals surface area contributed by atoms with E-state index in [1.165, 1.54) is 27.7 Å². The van der Waals surface area contributed by atoms with Gasteiger partial charge in [-0.3, -0.25) is 0 Å². The normalized spacial score (nSPS) is 12.7. The molecule has 3 aromatic rings. The molecule has 120 valence electrons. The lowest BCUT2D eigenvalue weighted by atomic mass is 9.99. The van der Waals surface area contributed by atoms with Crippen LogP contribution in [0.3, 0.4) is 0 Å². The fraction of sp³-hybridized carbons (Fsp3) is 0.263. The lowest BCUT2D eigenvalue weighted by Gasteiger charge is -2.15. The molecule has 0 spiro atoms. The number of fused-ring (bicyclic) bond motifs is 1. The number of halogens is 1. The summed E-state index contributed by atoms with van der Waals surface area (Å²) < 4.78 is 2.36. The molecular formula is C19H21ClN2S. The molecular weight excluding hydrogens is 324 g/mol. The Bertz CT molecular complexity index is 809. The van der Waals surface area contributed by atoms with E-state index in [-0.39, 0.29) is 6.04 Å². The molecule has 2 nitrogen and oxygen atoms in total. The molecule has 1 atom stereocenters. The van der Waals surface area contributed by atoms with Crippen LogP contribution in [0.15, 0.2) is 48.5 Å². The predicted octanol–water partition coefficient (Wildman–Crippen LogP) is 5.34. The summed E-state index contributed by atoms with van der Waals surface area (Å²) >= 11 is 8.12. The zero-order valence-corrected chi connectivity index (χ0v) is 15.0. The largest absolute Gasteiger partial charge is 0.342 e. The van der Waals surface area contributed by atoms with Crippen molar-refractivity contribution in [2.75, 3.05) is 12.0 Å². The second-order valence-electron chi connectivity index (χ2n) is 5.72. The van der Waals surface area contributed by atoms with E-state index in [9.17, 15) is 0 Å². The summed E-state index contributed by atoms with van der Waals surface area (Å²) in [6, 6.07) is 16.5. The first-order chi connectivity index (χ1) is 11.1. The van der Waals surface area contributed by atoms with Gasteiger partial charge < -0.3 is 10.3 Å². The van der Waals surface area contributed by atoms with Gasteiger partial charge in [0, 0.05) is 45.5 Å². The molecule has 1 aromatic heterocycles. The van der Waals surface area contributed by atoms with Gasteiger partial charge in [-0.1, -0.05) is 41.9 Å². The van der Waals surface area contributed by atoms with Gasteiger partial charge in [0.2, 0.25) is 0 Å². The molecule has 4 heteroatoms. The summed E-state index contributed by atoms with van der Waals surface area (Å²) in [6.07, 6.45) is 2.13. The van der Waals surface area contributed by atoms with Crippen molar-refractivity contribution in [3.05, 3.63) is 59.2 Å². The quantitative estimate of drug-likeness (QED) is 0.676. The van der Waals surface area contributed by atoms with Gasteiger partial charge in [0.05, 0.1) is 0 Å². The predicted molar refractivity (Wildman–Crippen MR) is 103 cm³/mol. The lowest BCUT2D eigenvalue weighted by molar-refractivity contribution is 0.680. The van der Waals surface area contributed by atoms with Gasteiger partial charge >= 0.3 is 0 Å². The highest BCUT2D eigenvalue weighted by molar-refractivity contribution is 7.98. The summed E-state index contributed by atoms with van der Waals surface area (Å²) in [4.78, 5) is 0. The van der Waals surface area contributed by atoms with Crippen molar-refractivity contribution in [1.82, 2.24) is 4.57 Å². The Hall–Kier alpha value is -1.42. The summed E-state index contributed by atoms with van der Waals surface area (Å²) in [5, 5.41) is 1.94. The third kappa shape index (κ3) is 3.14. The fourth-order valence-corrected chi connectivity index (χ4v) is 3.69. The van der Waals surface area contributed by atoms with Crippen LogP contribution in [-0.2, 0) is 6.54 Å². The number of thioether (sulfide) groups is 1. The van der Waals surface area contributed by atoms with Gasteiger partial charge in [-0.25, -0.2) is 0 Å². The van der Waals surface area contributed by atoms with E-state index >= 15 is 0 Å². The molecule has 0 fully saturated rings. The van der Waals surface area contributed by atoms with E-state index < -0.39 is 0 Å². The van der Waals surface area contributed by atoms with Gasteiger partial charge in [-0.05, 0) is 36.9 Å². The SMILES string of the molecule is CSCCn1c(C(C)N)c(-c2ccccc2)c2cc(Cl)ccc21. The smallest absolute Gasteiger partial charge is 0.0490 e. The molecule has 3 rings (SSSR count). The first-order valence-corrected chi connectivity index (χ1v) is 9.52. The molecule has 0 saturated heterocycles. The van der Waals surface area contributed by atoms with Gasteiger partial charge in [0.1, 0.15) is 0 Å². The van der Waals surface area contributed by atoms with Crippen LogP contribution < -0.4 is 5.73 Å². The Morgan fingerprint density at radius 1 is 1.17 bits per heavy atom. The number of hydrogen-bond acceptors (Lipinski definition) is 2. The molecule has 0 aliphatic heterocycles. The van der Waals surface area contributed by atoms with Crippen molar-refractivity contribution in [1.29, 1.82) is 0 Å². The maximum atomic E-state index is 6.37. The second-order valence-corrected chi connectivity index (χ2v) is 7.14. The highest BCUT2D eigenvalue weighted by Gasteiger charge is 2.20. The minimum Gasteiger partial charge on any atom is -0.342 e. The number of rotatable bonds is 5. The number of benzene rings is 2. The van der Waals surface area contributed by atoms with Crippen LogP contribution in [0.2, 0.25) is 5.02 Å². The van der Waals surface area contributed by atoms with Crippen LogP contribution >= 0.6 is 23.4 Å². The molecule has 0 amide bonds. The van der Waals surface area contributed by atoms with E-state index in [0.717, 1.165) is 17.3 Å². The molecule has 2 aromatic carbocycles. The van der Waals surface area contributed by atoms with Gasteiger partial charge in [0.25, 0.3) is 0 Å². The highest BCUT2D eigenvalue weighted by Crippen LogP contribution is 2.38. The van der Waals surface area contributed by atoms with Crippen molar-refractivity contribution in [3.8, 4) is 11.1 Å². The number of hydrogen-bond donors (Lipinski definition) is 1. The minimum atomic E-state index is -0.0433. The number of nitrogens with two attached hydrogens (primary N) is 1. The van der Waals surface area contributed by atoms with E-state index in [1.54, 1.807) is 0 Å². The van der Waals surface area contributed by atoms with Crippen LogP contribution in [0.25, 0.3) is 22.0 Å². The molecule has 1 heterocycles. The Morgan fingerprint density at radius 3 is 2.57 bits per heavy atom. The molecule has 1 unspecified atom stereocenters. The van der Waals surface area contributed by atoms with Crippen molar-refractivity contribution >= 4 is 34.3 Å². The van der Waals surface area contributed by atoms with Crippen molar-refractivity contribution in [2.24, 2.45) is 5.73 Å². The third-order valence-corrected chi connectivity index (χ3v) is 4.90. The molecule has 23 heavy (non-hydrogen) atoms. The number of aromatic nitrogens is 1. The Labute approximate surface area is 146 Å². The Kier molecular flexibility index (Phi) is 5.00. The average Bonchev–Trinajstić information content (AvgIpc) is 2.87. The van der Waals surface area contributed by atoms with E-state index in [4.69, 9.17) is 17.3 Å². The molecule has 0 aliphatic carbocycles. The maximum Gasteiger partial charge on any atom is 0.0490 e. The average molecular weight is 345 g/mol. The zero-order chi connectivity index (χ0) is 16.4. The van der Waals surface area contributed by atoms with Crippen LogP contribution in [0.4, 0.5) is 0 Å². The van der Waals surface area contributed by atoms with Crippen LogP contribution in [-0.4, -0.2) is 16.6 Å². The fourth-order valence-electron chi connectivity index (χ4n) is 3.15. The van der Waals surface area contributed by atoms with Crippen LogP contribution in [0.5, 0.6) is 0 Å². The highest BCUT2D eigenvalue weighted by atomic mass is 35.5. The third-order valence-electron chi connectivity index (χ3n) is 4.08. The summed E-state index contributed by atoms with van der Waals surface area (Å²) in [5.41, 5.74) is 11.1. The van der Waals surface area contributed by atoms with Gasteiger partial charge in [-0.2, -0.15) is 11.8 Å². The van der Waals surface area contributed by atoms with E-state index in [2.05, 4.69) is 54.1 Å². The Balaban J connectivity index is 2.35. The summed E-state index contributed by atoms with van der Waals surface area (Å²) in [7, 11) is 0. The first kappa shape index (κ1) is 16.4. The van der Waals surface area contributed by atoms with Gasteiger partial charge in [0.15, 0.2) is 0 Å². The summed E-state index contributed by atoms with van der Waals surface area (Å²) in [5.74, 6) is 1.06. The van der Waals surface area contributed by atoms with Crippen molar-refractivity contribution < 1.29 is 0 Å². The van der Waals surface area contributed by atoms with Crippen LogP contribution in [0, 0.1) is 0 Å². The van der Waals surface area contributed by atoms with Crippen molar-refractivity contribution in [2.45, 2.75) is 19.5 Å². The second kappa shape index (κ2) is 7.00. The molecule has 0 radical (unpaired) electrons. The van der Waals surface area contributed by atoms with Gasteiger partial charge in [-0.15, -0.1) is 0 Å². The Morgan fingerprint density at radius 2 is 1.91 bits per heavy atom. The lowest BCUT2D eigenvalue weighted by Crippen LogP contribution is -2.14. The van der Waals surface area contributed by atoms with Crippen LogP contribution in [0.1, 0.15) is 18.7 Å². The summed E-state index contributed by atoms with van der Waals surface area (Å²) in [6.45, 7) is 3.00. The molecule has 0 aliphatic rings. The standard InChI is InChI=1S/C19H21ClN2S/c1-13(21)19-18(14-6-4-3-5-7-14)16-12-15(20)8-9-17(16)22(19)10-11-23-2/h3-9,12-13H,10-11,21H2,1-2H3. The molecule has 2 N–H and O–H groups in total. The van der Waals surface area contributed by atoms with E-state index in [0.29, 0.717) is 0 Å². The maximum absolute atomic E-state index is 6.37. The first-order valence-electron chi connectivity index (χ1n) is 7.75. The van der Waals surface area contributed by atoms with Crippen molar-refractivity contribution in [3.63, 3.8) is 0 Å². The molecule has 0 bridgehead atoms. The topological polar surface area (TPSA) is 30.9 Å². The number of nitrogens with zero attached hydrogens (tertiary/aromatic N) is 1.